The maximum absolute atomic E-state index is 10.7. The van der Waals surface area contributed by atoms with Crippen LogP contribution in [0.1, 0.15) is 40.5 Å². The van der Waals surface area contributed by atoms with Gasteiger partial charge in [0.2, 0.25) is 0 Å². The lowest BCUT2D eigenvalue weighted by molar-refractivity contribution is -0.171. The fraction of sp³-hybridized carbons (Fsp3) is 0.917. The summed E-state index contributed by atoms with van der Waals surface area (Å²) in [5.41, 5.74) is 0. The molecular weight excluding hydrogens is 220 g/mol. The topological polar surface area (TPSA) is 35.5 Å². The summed E-state index contributed by atoms with van der Waals surface area (Å²) in [4.78, 5) is 10.7. The predicted molar refractivity (Wildman–Crippen MR) is 66.9 cm³/mol. The summed E-state index contributed by atoms with van der Waals surface area (Å²) in [5.74, 6) is -0.0791. The van der Waals surface area contributed by atoms with Crippen molar-refractivity contribution >= 4 is 14.3 Å². The average molecular weight is 244 g/mol. The van der Waals surface area contributed by atoms with Gasteiger partial charge in [-0.1, -0.05) is 20.8 Å². The summed E-state index contributed by atoms with van der Waals surface area (Å²) in [5, 5.41) is 0.234. The van der Waals surface area contributed by atoms with Gasteiger partial charge in [-0.15, -0.1) is 0 Å². The number of cyclic esters (lactones) is 1. The van der Waals surface area contributed by atoms with E-state index < -0.39 is 8.32 Å². The number of carbonyl (C=O) groups is 1. The third-order valence-corrected chi connectivity index (χ3v) is 8.19. The molecule has 0 aromatic rings. The maximum Gasteiger partial charge on any atom is 0.309 e. The van der Waals surface area contributed by atoms with E-state index in [1.165, 1.54) is 0 Å². The summed E-state index contributed by atoms with van der Waals surface area (Å²) in [6, 6.07) is 0. The minimum absolute atomic E-state index is 0.0791. The van der Waals surface area contributed by atoms with Gasteiger partial charge in [0.1, 0.15) is 6.10 Å². The van der Waals surface area contributed by atoms with Gasteiger partial charge in [-0.2, -0.15) is 0 Å². The molecule has 1 aliphatic heterocycles. The van der Waals surface area contributed by atoms with Crippen LogP contribution in [0.25, 0.3) is 0 Å². The Morgan fingerprint density at radius 1 is 1.50 bits per heavy atom. The van der Waals surface area contributed by atoms with Crippen molar-refractivity contribution in [3.8, 4) is 0 Å². The zero-order chi connectivity index (χ0) is 12.6. The standard InChI is InChI=1S/C12H24O3Si/c1-9(7-10-8-11(13)14-10)15-16(5,6)12(2,3)4/h9-10H,7-8H2,1-6H3/t9-,10-/m1/s1. The molecule has 0 aromatic carbocycles. The lowest BCUT2D eigenvalue weighted by Crippen LogP contribution is -2.45. The highest BCUT2D eigenvalue weighted by atomic mass is 28.4. The highest BCUT2D eigenvalue weighted by Crippen LogP contribution is 2.38. The number of hydrogen-bond acceptors (Lipinski definition) is 3. The van der Waals surface area contributed by atoms with Crippen LogP contribution in [0.2, 0.25) is 18.1 Å². The number of esters is 1. The smallest absolute Gasteiger partial charge is 0.309 e. The van der Waals surface area contributed by atoms with E-state index in [2.05, 4.69) is 40.8 Å². The molecular formula is C12H24O3Si. The van der Waals surface area contributed by atoms with Gasteiger partial charge in [-0.3, -0.25) is 4.79 Å². The van der Waals surface area contributed by atoms with Crippen LogP contribution in [0.15, 0.2) is 0 Å². The normalized spacial score (nSPS) is 23.6. The Balaban J connectivity index is 2.38. The van der Waals surface area contributed by atoms with E-state index in [0.717, 1.165) is 6.42 Å². The second-order valence-corrected chi connectivity index (χ2v) is 11.0. The first kappa shape index (κ1) is 13.7. The van der Waals surface area contributed by atoms with Crippen molar-refractivity contribution in [2.24, 2.45) is 0 Å². The molecule has 0 N–H and O–H groups in total. The van der Waals surface area contributed by atoms with Gasteiger partial charge in [0.05, 0.1) is 6.42 Å². The van der Waals surface area contributed by atoms with E-state index in [0.29, 0.717) is 6.42 Å². The fourth-order valence-corrected chi connectivity index (χ4v) is 3.05. The Bertz CT molecular complexity index is 260. The Morgan fingerprint density at radius 3 is 2.38 bits per heavy atom. The molecule has 0 aromatic heterocycles. The van der Waals surface area contributed by atoms with E-state index in [1.807, 2.05) is 0 Å². The van der Waals surface area contributed by atoms with Crippen LogP contribution in [0, 0.1) is 0 Å². The van der Waals surface area contributed by atoms with Crippen LogP contribution in [-0.4, -0.2) is 26.5 Å². The maximum atomic E-state index is 10.7. The third kappa shape index (κ3) is 3.32. The number of rotatable bonds is 4. The minimum Gasteiger partial charge on any atom is -0.462 e. The van der Waals surface area contributed by atoms with Crippen molar-refractivity contribution in [1.29, 1.82) is 0 Å². The molecule has 0 radical (unpaired) electrons. The molecule has 3 nitrogen and oxygen atoms in total. The number of carbonyl (C=O) groups excluding carboxylic acids is 1. The van der Waals surface area contributed by atoms with E-state index in [4.69, 9.17) is 9.16 Å². The highest BCUT2D eigenvalue weighted by Gasteiger charge is 2.39. The van der Waals surface area contributed by atoms with Crippen LogP contribution >= 0.6 is 0 Å². The summed E-state index contributed by atoms with van der Waals surface area (Å²) in [7, 11) is -1.68. The number of hydrogen-bond donors (Lipinski definition) is 0. The molecule has 1 heterocycles. The van der Waals surface area contributed by atoms with Gasteiger partial charge >= 0.3 is 5.97 Å². The molecule has 0 bridgehead atoms. The highest BCUT2D eigenvalue weighted by molar-refractivity contribution is 6.74. The fourth-order valence-electron chi connectivity index (χ4n) is 1.59. The molecule has 0 aliphatic carbocycles. The molecule has 16 heavy (non-hydrogen) atoms. The molecule has 4 heteroatoms. The van der Waals surface area contributed by atoms with Crippen molar-refractivity contribution in [3.05, 3.63) is 0 Å². The molecule has 1 rings (SSSR count). The molecule has 2 atom stereocenters. The van der Waals surface area contributed by atoms with Crippen molar-refractivity contribution in [3.63, 3.8) is 0 Å². The van der Waals surface area contributed by atoms with Crippen LogP contribution in [0.3, 0.4) is 0 Å². The lowest BCUT2D eigenvalue weighted by atomic mass is 10.1. The minimum atomic E-state index is -1.68. The van der Waals surface area contributed by atoms with Crippen LogP contribution in [0.5, 0.6) is 0 Å². The molecule has 0 unspecified atom stereocenters. The Kier molecular flexibility index (Phi) is 3.85. The zero-order valence-electron chi connectivity index (χ0n) is 11.3. The summed E-state index contributed by atoms with van der Waals surface area (Å²) in [6.07, 6.45) is 1.66. The van der Waals surface area contributed by atoms with Gasteiger partial charge in [0.15, 0.2) is 8.32 Å². The van der Waals surface area contributed by atoms with Gasteiger partial charge < -0.3 is 9.16 Å². The SMILES string of the molecule is C[C@H](C[C@@H]1CC(=O)O1)O[Si](C)(C)C(C)(C)C. The first-order chi connectivity index (χ1) is 7.12. The van der Waals surface area contributed by atoms with Gasteiger partial charge in [0, 0.05) is 12.5 Å². The second-order valence-electron chi connectivity index (χ2n) is 6.24. The predicted octanol–water partition coefficient (Wildman–Crippen LogP) is 3.10. The van der Waals surface area contributed by atoms with Crippen molar-refractivity contribution < 1.29 is 14.0 Å². The van der Waals surface area contributed by atoms with E-state index in [-0.39, 0.29) is 23.2 Å². The Labute approximate surface area is 99.6 Å². The molecule has 1 aliphatic rings. The average Bonchev–Trinajstić information content (AvgIpc) is 1.97. The van der Waals surface area contributed by atoms with Crippen molar-refractivity contribution in [1.82, 2.24) is 0 Å². The monoisotopic (exact) mass is 244 g/mol. The van der Waals surface area contributed by atoms with Crippen LogP contribution < -0.4 is 0 Å². The molecule has 1 fully saturated rings. The zero-order valence-corrected chi connectivity index (χ0v) is 12.3. The molecule has 1 saturated heterocycles. The quantitative estimate of drug-likeness (QED) is 0.563. The van der Waals surface area contributed by atoms with Crippen LogP contribution in [0.4, 0.5) is 0 Å². The molecule has 0 spiro atoms. The van der Waals surface area contributed by atoms with Crippen molar-refractivity contribution in [2.45, 2.75) is 70.9 Å². The van der Waals surface area contributed by atoms with Gasteiger partial charge in [-0.25, -0.2) is 0 Å². The molecule has 94 valence electrons. The number of ether oxygens (including phenoxy) is 1. The summed E-state index contributed by atoms with van der Waals surface area (Å²) < 4.78 is 11.2. The van der Waals surface area contributed by atoms with Gasteiger partial charge in [-0.05, 0) is 25.1 Å². The summed E-state index contributed by atoms with van der Waals surface area (Å²) in [6.45, 7) is 13.3. The lowest BCUT2D eigenvalue weighted by Gasteiger charge is -2.39. The Hall–Kier alpha value is -0.353. The first-order valence-corrected chi connectivity index (χ1v) is 8.90. The van der Waals surface area contributed by atoms with Gasteiger partial charge in [0.25, 0.3) is 0 Å². The van der Waals surface area contributed by atoms with E-state index >= 15 is 0 Å². The van der Waals surface area contributed by atoms with E-state index in [1.54, 1.807) is 0 Å². The summed E-state index contributed by atoms with van der Waals surface area (Å²) >= 11 is 0. The Morgan fingerprint density at radius 2 is 2.00 bits per heavy atom. The third-order valence-electron chi connectivity index (χ3n) is 3.59. The largest absolute Gasteiger partial charge is 0.462 e. The molecule has 0 amide bonds. The van der Waals surface area contributed by atoms with Crippen molar-refractivity contribution in [2.75, 3.05) is 0 Å². The van der Waals surface area contributed by atoms with E-state index in [9.17, 15) is 4.79 Å². The first-order valence-electron chi connectivity index (χ1n) is 5.99. The van der Waals surface area contributed by atoms with Crippen LogP contribution in [-0.2, 0) is 14.0 Å². The second kappa shape index (κ2) is 4.49. The molecule has 0 saturated carbocycles.